The molecule has 0 bridgehead atoms. The molecule has 0 unspecified atom stereocenters. The molecular weight excluding hydrogens is 316 g/mol. The molecule has 0 spiro atoms. The van der Waals surface area contributed by atoms with Crippen molar-refractivity contribution in [3.8, 4) is 17.1 Å². The van der Waals surface area contributed by atoms with Gasteiger partial charge < -0.3 is 19.0 Å². The molecule has 0 aliphatic carbocycles. The molecule has 1 aliphatic rings. The Kier molecular flexibility index (Phi) is 3.95. The van der Waals surface area contributed by atoms with E-state index >= 15 is 0 Å². The highest BCUT2D eigenvalue weighted by molar-refractivity contribution is 5.62. The van der Waals surface area contributed by atoms with Gasteiger partial charge in [-0.25, -0.2) is 4.98 Å². The maximum Gasteiger partial charge on any atom is 0.299 e. The van der Waals surface area contributed by atoms with Gasteiger partial charge in [0, 0.05) is 18.7 Å². The van der Waals surface area contributed by atoms with Crippen molar-refractivity contribution in [2.24, 2.45) is 0 Å². The number of hydrogen-bond donors (Lipinski definition) is 1. The second-order valence-electron chi connectivity index (χ2n) is 6.42. The average molecular weight is 338 g/mol. The number of aromatic nitrogens is 3. The summed E-state index contributed by atoms with van der Waals surface area (Å²) >= 11 is 0. The third-order valence-electron chi connectivity index (χ3n) is 4.65. The number of oxazole rings is 1. The molecule has 6 nitrogen and oxygen atoms in total. The predicted octanol–water partition coefficient (Wildman–Crippen LogP) is 4.24. The fourth-order valence-corrected chi connectivity index (χ4v) is 3.46. The standard InChI is InChI=1S/C19H22N4O2/c1-12-10-14(7-8-16(12)24-3)21-19-22-15(11-25-19)18-13(2)20-17-6-4-5-9-23(17)18/h7-8,10-11H,4-6,9H2,1-3H3,(H,21,22). The molecule has 3 aromatic rings. The molecule has 0 fully saturated rings. The Morgan fingerprint density at radius 3 is 2.88 bits per heavy atom. The van der Waals surface area contributed by atoms with Crippen molar-refractivity contribution in [2.75, 3.05) is 12.4 Å². The van der Waals surface area contributed by atoms with E-state index in [-0.39, 0.29) is 0 Å². The molecule has 0 radical (unpaired) electrons. The van der Waals surface area contributed by atoms with Crippen LogP contribution in [-0.2, 0) is 13.0 Å². The zero-order valence-corrected chi connectivity index (χ0v) is 14.8. The lowest BCUT2D eigenvalue weighted by molar-refractivity contribution is 0.412. The predicted molar refractivity (Wildman–Crippen MR) is 96.4 cm³/mol. The fourth-order valence-electron chi connectivity index (χ4n) is 3.46. The van der Waals surface area contributed by atoms with E-state index in [1.807, 2.05) is 32.0 Å². The van der Waals surface area contributed by atoms with E-state index in [1.54, 1.807) is 13.4 Å². The largest absolute Gasteiger partial charge is 0.496 e. The molecule has 6 heteroatoms. The van der Waals surface area contributed by atoms with E-state index in [4.69, 9.17) is 14.1 Å². The summed E-state index contributed by atoms with van der Waals surface area (Å²) in [5.74, 6) is 2.02. The van der Waals surface area contributed by atoms with Crippen molar-refractivity contribution in [2.45, 2.75) is 39.7 Å². The van der Waals surface area contributed by atoms with Gasteiger partial charge in [-0.05, 0) is 50.5 Å². The van der Waals surface area contributed by atoms with E-state index in [9.17, 15) is 0 Å². The van der Waals surface area contributed by atoms with Gasteiger partial charge in [-0.2, -0.15) is 4.98 Å². The van der Waals surface area contributed by atoms with E-state index in [0.29, 0.717) is 6.01 Å². The van der Waals surface area contributed by atoms with Gasteiger partial charge in [-0.1, -0.05) is 0 Å². The Hall–Kier alpha value is -2.76. The number of anilines is 2. The number of nitrogens with one attached hydrogen (secondary N) is 1. The van der Waals surface area contributed by atoms with E-state index < -0.39 is 0 Å². The van der Waals surface area contributed by atoms with Gasteiger partial charge in [0.2, 0.25) is 0 Å². The summed E-state index contributed by atoms with van der Waals surface area (Å²) in [5, 5.41) is 3.21. The highest BCUT2D eigenvalue weighted by atomic mass is 16.5. The lowest BCUT2D eigenvalue weighted by atomic mass is 10.1. The third kappa shape index (κ3) is 2.88. The molecule has 25 heavy (non-hydrogen) atoms. The Labute approximate surface area is 146 Å². The number of hydrogen-bond acceptors (Lipinski definition) is 5. The molecule has 1 aliphatic heterocycles. The molecule has 2 aromatic heterocycles. The second-order valence-corrected chi connectivity index (χ2v) is 6.42. The van der Waals surface area contributed by atoms with Crippen LogP contribution in [0, 0.1) is 13.8 Å². The topological polar surface area (TPSA) is 65.1 Å². The van der Waals surface area contributed by atoms with Crippen LogP contribution in [-0.4, -0.2) is 21.6 Å². The highest BCUT2D eigenvalue weighted by Gasteiger charge is 2.21. The minimum Gasteiger partial charge on any atom is -0.496 e. The number of aryl methyl sites for hydroxylation is 3. The number of methoxy groups -OCH3 is 1. The van der Waals surface area contributed by atoms with E-state index in [0.717, 1.165) is 52.9 Å². The van der Waals surface area contributed by atoms with Gasteiger partial charge in [-0.3, -0.25) is 0 Å². The lowest BCUT2D eigenvalue weighted by Gasteiger charge is -2.15. The number of rotatable bonds is 4. The molecule has 1 aromatic carbocycles. The maximum absolute atomic E-state index is 5.64. The molecule has 0 saturated heterocycles. The Balaban J connectivity index is 1.61. The minimum atomic E-state index is 0.477. The molecule has 4 rings (SSSR count). The number of nitrogens with zero attached hydrogens (tertiary/aromatic N) is 3. The first-order valence-corrected chi connectivity index (χ1v) is 8.59. The zero-order chi connectivity index (χ0) is 17.4. The van der Waals surface area contributed by atoms with E-state index in [2.05, 4.69) is 14.9 Å². The monoisotopic (exact) mass is 338 g/mol. The molecule has 1 N–H and O–H groups in total. The van der Waals surface area contributed by atoms with Crippen LogP contribution in [0.1, 0.15) is 29.9 Å². The van der Waals surface area contributed by atoms with Crippen molar-refractivity contribution in [3.05, 3.63) is 41.5 Å². The normalized spacial score (nSPS) is 13.6. The Bertz CT molecular complexity index is 910. The summed E-state index contributed by atoms with van der Waals surface area (Å²) in [6.07, 6.45) is 5.13. The van der Waals surface area contributed by atoms with Crippen LogP contribution < -0.4 is 10.1 Å². The van der Waals surface area contributed by atoms with Gasteiger partial charge in [0.05, 0.1) is 18.5 Å². The van der Waals surface area contributed by atoms with Gasteiger partial charge in [0.1, 0.15) is 23.5 Å². The highest BCUT2D eigenvalue weighted by Crippen LogP contribution is 2.30. The van der Waals surface area contributed by atoms with Crippen molar-refractivity contribution in [1.29, 1.82) is 0 Å². The van der Waals surface area contributed by atoms with Crippen LogP contribution in [0.3, 0.4) is 0 Å². The summed E-state index contributed by atoms with van der Waals surface area (Å²) < 4.78 is 13.2. The van der Waals surface area contributed by atoms with Crippen molar-refractivity contribution >= 4 is 11.7 Å². The first kappa shape index (κ1) is 15.7. The van der Waals surface area contributed by atoms with Gasteiger partial charge >= 0.3 is 0 Å². The summed E-state index contributed by atoms with van der Waals surface area (Å²) in [6, 6.07) is 6.36. The van der Waals surface area contributed by atoms with Crippen molar-refractivity contribution < 1.29 is 9.15 Å². The molecular formula is C19H22N4O2. The van der Waals surface area contributed by atoms with Gasteiger partial charge in [0.25, 0.3) is 6.01 Å². The fraction of sp³-hybridized carbons (Fsp3) is 0.368. The van der Waals surface area contributed by atoms with Crippen LogP contribution >= 0.6 is 0 Å². The Morgan fingerprint density at radius 1 is 1.20 bits per heavy atom. The minimum absolute atomic E-state index is 0.477. The van der Waals surface area contributed by atoms with Crippen molar-refractivity contribution in [3.63, 3.8) is 0 Å². The van der Waals surface area contributed by atoms with Crippen LogP contribution in [0.4, 0.5) is 11.7 Å². The number of imidazole rings is 1. The molecule has 0 atom stereocenters. The summed E-state index contributed by atoms with van der Waals surface area (Å²) in [4.78, 5) is 9.32. The Morgan fingerprint density at radius 2 is 2.08 bits per heavy atom. The maximum atomic E-state index is 5.64. The molecule has 3 heterocycles. The summed E-state index contributed by atoms with van der Waals surface area (Å²) in [5.41, 5.74) is 4.87. The lowest BCUT2D eigenvalue weighted by Crippen LogP contribution is -2.11. The van der Waals surface area contributed by atoms with Crippen LogP contribution in [0.15, 0.2) is 28.9 Å². The summed E-state index contributed by atoms with van der Waals surface area (Å²) in [6.45, 7) is 5.04. The average Bonchev–Trinajstić information content (AvgIpc) is 3.18. The summed E-state index contributed by atoms with van der Waals surface area (Å²) in [7, 11) is 1.67. The smallest absolute Gasteiger partial charge is 0.299 e. The second kappa shape index (κ2) is 6.27. The van der Waals surface area contributed by atoms with Gasteiger partial charge in [0.15, 0.2) is 0 Å². The first-order valence-electron chi connectivity index (χ1n) is 8.59. The van der Waals surface area contributed by atoms with Gasteiger partial charge in [-0.15, -0.1) is 0 Å². The molecule has 130 valence electrons. The zero-order valence-electron chi connectivity index (χ0n) is 14.8. The van der Waals surface area contributed by atoms with Crippen LogP contribution in [0.2, 0.25) is 0 Å². The first-order chi connectivity index (χ1) is 12.2. The number of ether oxygens (including phenoxy) is 1. The van der Waals surface area contributed by atoms with Crippen LogP contribution in [0.5, 0.6) is 5.75 Å². The number of benzene rings is 1. The third-order valence-corrected chi connectivity index (χ3v) is 4.65. The molecule has 0 saturated carbocycles. The quantitative estimate of drug-likeness (QED) is 0.770. The number of fused-ring (bicyclic) bond motifs is 1. The SMILES string of the molecule is COc1ccc(Nc2nc(-c3c(C)nc4n3CCCC4)co2)cc1C. The van der Waals surface area contributed by atoms with E-state index in [1.165, 1.54) is 12.8 Å². The van der Waals surface area contributed by atoms with Crippen molar-refractivity contribution in [1.82, 2.24) is 14.5 Å². The molecule has 0 amide bonds. The van der Waals surface area contributed by atoms with Crippen LogP contribution in [0.25, 0.3) is 11.4 Å².